The molecule has 0 spiro atoms. The molecule has 0 fully saturated rings. The van der Waals surface area contributed by atoms with Crippen LogP contribution in [0.4, 0.5) is 0 Å². The molecule has 6 nitrogen and oxygen atoms in total. The second kappa shape index (κ2) is 5.01. The molecule has 1 aromatic carbocycles. The van der Waals surface area contributed by atoms with Crippen LogP contribution in [0.3, 0.4) is 0 Å². The molecule has 1 amide bonds. The molecule has 19 heavy (non-hydrogen) atoms. The minimum atomic E-state index is -0.963. The van der Waals surface area contributed by atoms with Crippen molar-refractivity contribution >= 4 is 22.8 Å². The van der Waals surface area contributed by atoms with Crippen molar-refractivity contribution in [1.29, 1.82) is 0 Å². The van der Waals surface area contributed by atoms with Crippen LogP contribution in [0.25, 0.3) is 11.0 Å². The Morgan fingerprint density at radius 1 is 1.47 bits per heavy atom. The smallest absolute Gasteiger partial charge is 0.311 e. The highest BCUT2D eigenvalue weighted by atomic mass is 16.5. The van der Waals surface area contributed by atoms with Gasteiger partial charge in [0, 0.05) is 17.0 Å². The van der Waals surface area contributed by atoms with E-state index >= 15 is 0 Å². The van der Waals surface area contributed by atoms with Gasteiger partial charge in [0.2, 0.25) is 0 Å². The van der Waals surface area contributed by atoms with Crippen molar-refractivity contribution in [3.05, 3.63) is 30.0 Å². The van der Waals surface area contributed by atoms with Gasteiger partial charge >= 0.3 is 5.97 Å². The lowest BCUT2D eigenvalue weighted by Crippen LogP contribution is -2.30. The molecule has 100 valence electrons. The number of nitrogens with two attached hydrogens (primary N) is 1. The number of primary amides is 1. The summed E-state index contributed by atoms with van der Waals surface area (Å²) in [6.45, 7) is 1.41. The Hall–Kier alpha value is -2.50. The maximum atomic E-state index is 11.6. The SMILES string of the molecule is C[C@H](OC(=O)Cc1coc2cc(O)ccc12)C(N)=O. The van der Waals surface area contributed by atoms with E-state index in [1.54, 1.807) is 6.07 Å². The third-order valence-corrected chi connectivity index (χ3v) is 2.68. The molecule has 0 aliphatic carbocycles. The number of phenols is 1. The van der Waals surface area contributed by atoms with Gasteiger partial charge in [0.05, 0.1) is 12.7 Å². The van der Waals surface area contributed by atoms with Gasteiger partial charge in [-0.2, -0.15) is 0 Å². The van der Waals surface area contributed by atoms with Crippen LogP contribution in [0.2, 0.25) is 0 Å². The lowest BCUT2D eigenvalue weighted by atomic mass is 10.1. The first-order valence-corrected chi connectivity index (χ1v) is 5.65. The number of carbonyl (C=O) groups is 2. The van der Waals surface area contributed by atoms with Crippen molar-refractivity contribution in [2.24, 2.45) is 5.73 Å². The minimum Gasteiger partial charge on any atom is -0.508 e. The number of carbonyl (C=O) groups excluding carboxylic acids is 2. The average molecular weight is 263 g/mol. The van der Waals surface area contributed by atoms with E-state index in [1.807, 2.05) is 0 Å². The van der Waals surface area contributed by atoms with Gasteiger partial charge in [-0.1, -0.05) is 0 Å². The topological polar surface area (TPSA) is 103 Å². The Balaban J connectivity index is 2.13. The molecule has 0 bridgehead atoms. The second-order valence-corrected chi connectivity index (χ2v) is 4.15. The third kappa shape index (κ3) is 2.85. The molecule has 1 heterocycles. The summed E-state index contributed by atoms with van der Waals surface area (Å²) in [6, 6.07) is 4.60. The van der Waals surface area contributed by atoms with Crippen molar-refractivity contribution < 1.29 is 23.8 Å². The molecule has 6 heteroatoms. The first-order valence-electron chi connectivity index (χ1n) is 5.65. The fourth-order valence-corrected chi connectivity index (χ4v) is 1.66. The van der Waals surface area contributed by atoms with Gasteiger partial charge in [0.15, 0.2) is 6.10 Å². The predicted octanol–water partition coefficient (Wildman–Crippen LogP) is 1.10. The number of rotatable bonds is 4. The summed E-state index contributed by atoms with van der Waals surface area (Å²) in [4.78, 5) is 22.4. The van der Waals surface area contributed by atoms with E-state index < -0.39 is 18.0 Å². The number of fused-ring (bicyclic) bond motifs is 1. The average Bonchev–Trinajstić information content (AvgIpc) is 2.71. The Labute approximate surface area is 108 Å². The highest BCUT2D eigenvalue weighted by molar-refractivity contribution is 5.87. The highest BCUT2D eigenvalue weighted by Gasteiger charge is 2.17. The number of ether oxygens (including phenoxy) is 1. The fourth-order valence-electron chi connectivity index (χ4n) is 1.66. The maximum absolute atomic E-state index is 11.6. The van der Waals surface area contributed by atoms with E-state index in [4.69, 9.17) is 14.9 Å². The van der Waals surface area contributed by atoms with E-state index in [0.29, 0.717) is 16.5 Å². The predicted molar refractivity (Wildman–Crippen MR) is 66.3 cm³/mol. The van der Waals surface area contributed by atoms with Gasteiger partial charge in [0.25, 0.3) is 5.91 Å². The Bertz CT molecular complexity index is 631. The monoisotopic (exact) mass is 263 g/mol. The number of benzene rings is 1. The summed E-state index contributed by atoms with van der Waals surface area (Å²) in [5.74, 6) is -1.18. The summed E-state index contributed by atoms with van der Waals surface area (Å²) >= 11 is 0. The zero-order valence-electron chi connectivity index (χ0n) is 10.3. The normalized spacial score (nSPS) is 12.3. The van der Waals surface area contributed by atoms with Crippen LogP contribution < -0.4 is 5.73 Å². The molecule has 1 aromatic heterocycles. The minimum absolute atomic E-state index is 0.0323. The number of phenolic OH excluding ortho intramolecular Hbond substituents is 1. The molecule has 0 radical (unpaired) electrons. The molecule has 2 rings (SSSR count). The number of hydrogen-bond acceptors (Lipinski definition) is 5. The van der Waals surface area contributed by atoms with Crippen molar-refractivity contribution in [1.82, 2.24) is 0 Å². The summed E-state index contributed by atoms with van der Waals surface area (Å²) in [6.07, 6.45) is 0.421. The zero-order chi connectivity index (χ0) is 14.0. The molecule has 3 N–H and O–H groups in total. The number of hydrogen-bond donors (Lipinski definition) is 2. The van der Waals surface area contributed by atoms with Gasteiger partial charge in [-0.15, -0.1) is 0 Å². The molecule has 0 saturated heterocycles. The summed E-state index contributed by atoms with van der Waals surface area (Å²) in [7, 11) is 0. The summed E-state index contributed by atoms with van der Waals surface area (Å²) in [5, 5.41) is 10.0. The fraction of sp³-hybridized carbons (Fsp3) is 0.231. The molecule has 1 atom stereocenters. The second-order valence-electron chi connectivity index (χ2n) is 4.15. The lowest BCUT2D eigenvalue weighted by molar-refractivity contribution is -0.153. The lowest BCUT2D eigenvalue weighted by Gasteiger charge is -2.08. The van der Waals surface area contributed by atoms with E-state index in [-0.39, 0.29) is 12.2 Å². The van der Waals surface area contributed by atoms with Crippen LogP contribution in [0.15, 0.2) is 28.9 Å². The number of esters is 1. The first kappa shape index (κ1) is 12.9. The largest absolute Gasteiger partial charge is 0.508 e. The van der Waals surface area contributed by atoms with Crippen LogP contribution in [0.1, 0.15) is 12.5 Å². The quantitative estimate of drug-likeness (QED) is 0.804. The van der Waals surface area contributed by atoms with Crippen molar-refractivity contribution in [3.63, 3.8) is 0 Å². The van der Waals surface area contributed by atoms with E-state index in [0.717, 1.165) is 0 Å². The molecule has 0 aliphatic rings. The number of amides is 1. The summed E-state index contributed by atoms with van der Waals surface area (Å²) in [5.41, 5.74) is 6.10. The van der Waals surface area contributed by atoms with Crippen LogP contribution in [0, 0.1) is 0 Å². The van der Waals surface area contributed by atoms with E-state index in [9.17, 15) is 14.7 Å². The molecule has 0 aliphatic heterocycles. The molecular formula is C13H13NO5. The van der Waals surface area contributed by atoms with Crippen LogP contribution in [-0.4, -0.2) is 23.1 Å². The van der Waals surface area contributed by atoms with Gasteiger partial charge in [-0.3, -0.25) is 9.59 Å². The van der Waals surface area contributed by atoms with E-state index in [2.05, 4.69) is 0 Å². The first-order chi connectivity index (χ1) is 8.97. The van der Waals surface area contributed by atoms with Crippen molar-refractivity contribution in [2.75, 3.05) is 0 Å². The summed E-state index contributed by atoms with van der Waals surface area (Å²) < 4.78 is 10.1. The number of furan rings is 1. The zero-order valence-corrected chi connectivity index (χ0v) is 10.3. The van der Waals surface area contributed by atoms with Gasteiger partial charge in [0.1, 0.15) is 11.3 Å². The molecular weight excluding hydrogens is 250 g/mol. The highest BCUT2D eigenvalue weighted by Crippen LogP contribution is 2.25. The van der Waals surface area contributed by atoms with Crippen LogP contribution in [0.5, 0.6) is 5.75 Å². The molecule has 0 unspecified atom stereocenters. The van der Waals surface area contributed by atoms with Gasteiger partial charge < -0.3 is 20.0 Å². The Morgan fingerprint density at radius 3 is 2.89 bits per heavy atom. The van der Waals surface area contributed by atoms with Crippen molar-refractivity contribution in [2.45, 2.75) is 19.4 Å². The Morgan fingerprint density at radius 2 is 2.21 bits per heavy atom. The molecule has 0 saturated carbocycles. The Kier molecular flexibility index (Phi) is 3.41. The van der Waals surface area contributed by atoms with Gasteiger partial charge in [-0.25, -0.2) is 0 Å². The maximum Gasteiger partial charge on any atom is 0.311 e. The van der Waals surface area contributed by atoms with Crippen LogP contribution in [-0.2, 0) is 20.7 Å². The van der Waals surface area contributed by atoms with Crippen LogP contribution >= 0.6 is 0 Å². The van der Waals surface area contributed by atoms with Crippen molar-refractivity contribution in [3.8, 4) is 5.75 Å². The standard InChI is InChI=1S/C13H13NO5/c1-7(13(14)17)19-12(16)4-8-6-18-11-5-9(15)2-3-10(8)11/h2-3,5-7,15H,4H2,1H3,(H2,14,17)/t7-/m0/s1. The van der Waals surface area contributed by atoms with Gasteiger partial charge in [-0.05, 0) is 19.1 Å². The number of aromatic hydroxyl groups is 1. The molecule has 2 aromatic rings. The third-order valence-electron chi connectivity index (χ3n) is 2.68. The van der Waals surface area contributed by atoms with E-state index in [1.165, 1.54) is 25.3 Å².